The third kappa shape index (κ3) is 3.94. The van der Waals surface area contributed by atoms with Crippen LogP contribution in [0.25, 0.3) is 0 Å². The standard InChI is InChI=1S/C18H21N3O2S/c19-18(23)21-15(16-9-4-10-24-16)11-17(22)20-14-8-3-6-12-5-1-2-7-13(12)14/h1-2,4-5,7,9-10,14-15H,3,6,8,11H2,(H,20,22)(H3,19,21,23). The zero-order valence-electron chi connectivity index (χ0n) is 13.3. The van der Waals surface area contributed by atoms with E-state index in [1.807, 2.05) is 29.6 Å². The van der Waals surface area contributed by atoms with E-state index in [1.54, 1.807) is 0 Å². The molecule has 1 aliphatic carbocycles. The SMILES string of the molecule is NC(=O)NC(CC(=O)NC1CCCc2ccccc21)c1cccs1. The van der Waals surface area contributed by atoms with Gasteiger partial charge in [-0.25, -0.2) is 4.79 Å². The fourth-order valence-electron chi connectivity index (χ4n) is 3.23. The Hall–Kier alpha value is -2.34. The van der Waals surface area contributed by atoms with E-state index < -0.39 is 6.03 Å². The molecule has 0 radical (unpaired) electrons. The van der Waals surface area contributed by atoms with Crippen LogP contribution < -0.4 is 16.4 Å². The monoisotopic (exact) mass is 343 g/mol. The number of urea groups is 1. The second-order valence-electron chi connectivity index (χ2n) is 5.99. The summed E-state index contributed by atoms with van der Waals surface area (Å²) in [5, 5.41) is 7.69. The summed E-state index contributed by atoms with van der Waals surface area (Å²) in [5.41, 5.74) is 7.75. The molecule has 1 aromatic heterocycles. The van der Waals surface area contributed by atoms with Crippen LogP contribution in [0.1, 0.15) is 47.4 Å². The number of benzene rings is 1. The minimum absolute atomic E-state index is 0.0417. The molecule has 1 heterocycles. The average molecular weight is 343 g/mol. The summed E-state index contributed by atoms with van der Waals surface area (Å²) in [5.74, 6) is -0.0798. The number of rotatable bonds is 5. The lowest BCUT2D eigenvalue weighted by molar-refractivity contribution is -0.122. The molecule has 2 atom stereocenters. The van der Waals surface area contributed by atoms with Gasteiger partial charge in [-0.2, -0.15) is 0 Å². The smallest absolute Gasteiger partial charge is 0.312 e. The average Bonchev–Trinajstić information content (AvgIpc) is 3.08. The molecular weight excluding hydrogens is 322 g/mol. The van der Waals surface area contributed by atoms with Crippen LogP contribution in [0, 0.1) is 0 Å². The number of nitrogens with one attached hydrogen (secondary N) is 2. The molecule has 24 heavy (non-hydrogen) atoms. The molecule has 2 aromatic rings. The van der Waals surface area contributed by atoms with E-state index >= 15 is 0 Å². The summed E-state index contributed by atoms with van der Waals surface area (Å²) in [7, 11) is 0. The Morgan fingerprint density at radius 1 is 1.25 bits per heavy atom. The van der Waals surface area contributed by atoms with E-state index in [1.165, 1.54) is 22.5 Å². The number of hydrogen-bond acceptors (Lipinski definition) is 3. The van der Waals surface area contributed by atoms with Crippen molar-refractivity contribution < 1.29 is 9.59 Å². The highest BCUT2D eigenvalue weighted by Gasteiger charge is 2.24. The third-order valence-corrected chi connectivity index (χ3v) is 5.28. The van der Waals surface area contributed by atoms with Gasteiger partial charge in [-0.05, 0) is 41.8 Å². The number of amides is 3. The maximum absolute atomic E-state index is 12.5. The molecule has 0 saturated heterocycles. The van der Waals surface area contributed by atoms with Crippen LogP contribution in [0.3, 0.4) is 0 Å². The van der Waals surface area contributed by atoms with Gasteiger partial charge in [0, 0.05) is 4.88 Å². The van der Waals surface area contributed by atoms with E-state index in [0.29, 0.717) is 0 Å². The number of carbonyl (C=O) groups excluding carboxylic acids is 2. The Morgan fingerprint density at radius 2 is 2.08 bits per heavy atom. The Balaban J connectivity index is 1.67. The third-order valence-electron chi connectivity index (χ3n) is 4.30. The zero-order valence-corrected chi connectivity index (χ0v) is 14.1. The van der Waals surface area contributed by atoms with Crippen molar-refractivity contribution in [3.63, 3.8) is 0 Å². The highest BCUT2D eigenvalue weighted by Crippen LogP contribution is 2.30. The van der Waals surface area contributed by atoms with Crippen LogP contribution in [-0.4, -0.2) is 11.9 Å². The molecule has 0 bridgehead atoms. The van der Waals surface area contributed by atoms with Gasteiger partial charge < -0.3 is 16.4 Å². The summed E-state index contributed by atoms with van der Waals surface area (Å²) in [6.07, 6.45) is 3.25. The molecule has 0 aliphatic heterocycles. The Kier molecular flexibility index (Phi) is 5.15. The lowest BCUT2D eigenvalue weighted by atomic mass is 9.87. The van der Waals surface area contributed by atoms with Crippen molar-refractivity contribution >= 4 is 23.3 Å². The summed E-state index contributed by atoms with van der Waals surface area (Å²) in [6.45, 7) is 0. The first-order chi connectivity index (χ1) is 11.6. The van der Waals surface area contributed by atoms with E-state index in [2.05, 4.69) is 22.8 Å². The zero-order chi connectivity index (χ0) is 16.9. The second kappa shape index (κ2) is 7.49. The van der Waals surface area contributed by atoms with Crippen molar-refractivity contribution in [2.75, 3.05) is 0 Å². The van der Waals surface area contributed by atoms with Crippen molar-refractivity contribution in [2.45, 2.75) is 37.8 Å². The van der Waals surface area contributed by atoms with Gasteiger partial charge in [0.25, 0.3) is 0 Å². The number of carbonyl (C=O) groups is 2. The Morgan fingerprint density at radius 3 is 2.83 bits per heavy atom. The van der Waals surface area contributed by atoms with E-state index in [9.17, 15) is 9.59 Å². The van der Waals surface area contributed by atoms with Gasteiger partial charge in [0.2, 0.25) is 5.91 Å². The number of aryl methyl sites for hydroxylation is 1. The molecule has 1 aliphatic rings. The van der Waals surface area contributed by atoms with Gasteiger partial charge in [-0.15, -0.1) is 11.3 Å². The van der Waals surface area contributed by atoms with E-state index in [4.69, 9.17) is 5.73 Å². The van der Waals surface area contributed by atoms with Crippen molar-refractivity contribution in [2.24, 2.45) is 5.73 Å². The van der Waals surface area contributed by atoms with Gasteiger partial charge in [-0.1, -0.05) is 30.3 Å². The van der Waals surface area contributed by atoms with Crippen molar-refractivity contribution in [1.82, 2.24) is 10.6 Å². The second-order valence-corrected chi connectivity index (χ2v) is 6.97. The summed E-state index contributed by atoms with van der Waals surface area (Å²) >= 11 is 1.50. The quantitative estimate of drug-likeness (QED) is 0.779. The first kappa shape index (κ1) is 16.5. The number of primary amides is 1. The summed E-state index contributed by atoms with van der Waals surface area (Å²) in [4.78, 5) is 24.7. The molecule has 4 N–H and O–H groups in total. The molecule has 5 nitrogen and oxygen atoms in total. The van der Waals surface area contributed by atoms with Crippen LogP contribution in [-0.2, 0) is 11.2 Å². The lowest BCUT2D eigenvalue weighted by Crippen LogP contribution is -2.37. The summed E-state index contributed by atoms with van der Waals surface area (Å²) < 4.78 is 0. The highest BCUT2D eigenvalue weighted by molar-refractivity contribution is 7.10. The fraction of sp³-hybridized carbons (Fsp3) is 0.333. The molecular formula is C18H21N3O2S. The topological polar surface area (TPSA) is 84.2 Å². The van der Waals surface area contributed by atoms with Crippen molar-refractivity contribution in [3.8, 4) is 0 Å². The van der Waals surface area contributed by atoms with E-state index in [-0.39, 0.29) is 24.4 Å². The molecule has 0 fully saturated rings. The summed E-state index contributed by atoms with van der Waals surface area (Å²) in [6, 6.07) is 11.1. The first-order valence-corrected chi connectivity index (χ1v) is 8.98. The number of thiophene rings is 1. The predicted octanol–water partition coefficient (Wildman–Crippen LogP) is 3.04. The minimum Gasteiger partial charge on any atom is -0.352 e. The first-order valence-electron chi connectivity index (χ1n) is 8.10. The van der Waals surface area contributed by atoms with Gasteiger partial charge in [0.15, 0.2) is 0 Å². The van der Waals surface area contributed by atoms with Gasteiger partial charge in [0.1, 0.15) is 0 Å². The van der Waals surface area contributed by atoms with Crippen molar-refractivity contribution in [1.29, 1.82) is 0 Å². The highest BCUT2D eigenvalue weighted by atomic mass is 32.1. The Labute approximate surface area is 145 Å². The fourth-order valence-corrected chi connectivity index (χ4v) is 4.00. The molecule has 2 unspecified atom stereocenters. The van der Waals surface area contributed by atoms with Crippen LogP contribution in [0.15, 0.2) is 41.8 Å². The van der Waals surface area contributed by atoms with E-state index in [0.717, 1.165) is 24.1 Å². The van der Waals surface area contributed by atoms with Crippen LogP contribution in [0.5, 0.6) is 0 Å². The normalized spacial score (nSPS) is 17.6. The molecule has 3 rings (SSSR count). The Bertz CT molecular complexity index is 715. The van der Waals surface area contributed by atoms with Gasteiger partial charge in [0.05, 0.1) is 18.5 Å². The van der Waals surface area contributed by atoms with Gasteiger partial charge >= 0.3 is 6.03 Å². The molecule has 1 aromatic carbocycles. The molecule has 0 spiro atoms. The molecule has 126 valence electrons. The number of hydrogen-bond donors (Lipinski definition) is 3. The predicted molar refractivity (Wildman–Crippen MR) is 94.7 cm³/mol. The largest absolute Gasteiger partial charge is 0.352 e. The molecule has 6 heteroatoms. The number of nitrogens with two attached hydrogens (primary N) is 1. The number of fused-ring (bicyclic) bond motifs is 1. The van der Waals surface area contributed by atoms with Crippen LogP contribution in [0.2, 0.25) is 0 Å². The molecule has 3 amide bonds. The van der Waals surface area contributed by atoms with Crippen LogP contribution in [0.4, 0.5) is 4.79 Å². The van der Waals surface area contributed by atoms with Gasteiger partial charge in [-0.3, -0.25) is 4.79 Å². The lowest BCUT2D eigenvalue weighted by Gasteiger charge is -2.27. The molecule has 0 saturated carbocycles. The van der Waals surface area contributed by atoms with Crippen molar-refractivity contribution in [3.05, 3.63) is 57.8 Å². The maximum atomic E-state index is 12.5. The maximum Gasteiger partial charge on any atom is 0.312 e. The van der Waals surface area contributed by atoms with Crippen LogP contribution >= 0.6 is 11.3 Å². The minimum atomic E-state index is -0.621.